The number of fused-ring (bicyclic) bond motifs is 4. The lowest BCUT2D eigenvalue weighted by Crippen LogP contribution is -2.29. The number of hydrogen-bond acceptors (Lipinski definition) is 6. The Morgan fingerprint density at radius 2 is 1.76 bits per heavy atom. The third-order valence-electron chi connectivity index (χ3n) is 10.6. The zero-order valence-electron chi connectivity index (χ0n) is 30.7. The first-order valence-corrected chi connectivity index (χ1v) is 18.3. The number of aromatic hydroxyl groups is 1. The van der Waals surface area contributed by atoms with Crippen LogP contribution in [0, 0.1) is 0 Å². The van der Waals surface area contributed by atoms with E-state index in [4.69, 9.17) is 14.5 Å². The topological polar surface area (TPSA) is 116 Å². The molecule has 4 N–H and O–H groups in total. The third-order valence-corrected chi connectivity index (χ3v) is 10.6. The molecule has 0 saturated heterocycles. The number of imidazole rings is 1. The maximum Gasteiger partial charge on any atom is 0.406 e. The summed E-state index contributed by atoms with van der Waals surface area (Å²) in [5.41, 5.74) is 7.37. The van der Waals surface area contributed by atoms with Crippen LogP contribution in [0.5, 0.6) is 5.75 Å². The van der Waals surface area contributed by atoms with Crippen molar-refractivity contribution in [2.45, 2.75) is 95.3 Å². The number of ether oxygens (including phenoxy) is 1. The van der Waals surface area contributed by atoms with Crippen molar-refractivity contribution >= 4 is 49.3 Å². The monoisotopic (exact) mass is 712 g/mol. The number of aromatic nitrogens is 2. The minimum absolute atomic E-state index is 0. The maximum absolute atomic E-state index is 11.9. The molecule has 0 bridgehead atoms. The predicted molar refractivity (Wildman–Crippen MR) is 213 cm³/mol. The van der Waals surface area contributed by atoms with Crippen LogP contribution in [0.1, 0.15) is 106 Å². The molecule has 9 heteroatoms. The first-order chi connectivity index (χ1) is 24.4. The van der Waals surface area contributed by atoms with E-state index < -0.39 is 6.09 Å². The molecule has 7 rings (SSSR count). The fraction of sp³-hybridized carbons (Fsp3) is 0.452. The minimum atomic E-state index is -0.415. The molecule has 3 aliphatic carbocycles. The summed E-state index contributed by atoms with van der Waals surface area (Å²) in [5.74, 6) is 1.61. The number of amides is 1. The van der Waals surface area contributed by atoms with Crippen molar-refractivity contribution in [3.8, 4) is 16.9 Å². The minimum Gasteiger partial charge on any atom is -0.507 e. The number of hydrogen-bond donors (Lipinski definition) is 4. The second-order valence-electron chi connectivity index (χ2n) is 13.9. The maximum atomic E-state index is 11.9. The van der Waals surface area contributed by atoms with Gasteiger partial charge in [-0.05, 0) is 103 Å². The number of H-pyrrole nitrogens is 1. The van der Waals surface area contributed by atoms with Crippen LogP contribution in [0.3, 0.4) is 0 Å². The summed E-state index contributed by atoms with van der Waals surface area (Å²) in [6.07, 6.45) is 15.8. The Labute approximate surface area is 309 Å². The van der Waals surface area contributed by atoms with Crippen molar-refractivity contribution in [1.29, 1.82) is 0 Å². The summed E-state index contributed by atoms with van der Waals surface area (Å²) in [5, 5.41) is 20.8. The first kappa shape index (κ1) is 39.7. The summed E-state index contributed by atoms with van der Waals surface area (Å²) in [6, 6.07) is 16.9. The average Bonchev–Trinajstić information content (AvgIpc) is 3.90. The van der Waals surface area contributed by atoms with Crippen molar-refractivity contribution in [3.05, 3.63) is 81.7 Å². The average molecular weight is 713 g/mol. The number of nitrogens with one attached hydrogen (secondary N) is 3. The lowest BCUT2D eigenvalue weighted by molar-refractivity contribution is -0.0980. The second kappa shape index (κ2) is 18.4. The lowest BCUT2D eigenvalue weighted by Gasteiger charge is -2.30. The van der Waals surface area contributed by atoms with Gasteiger partial charge in [-0.2, -0.15) is 13.5 Å². The fourth-order valence-electron chi connectivity index (χ4n) is 8.43. The van der Waals surface area contributed by atoms with Crippen LogP contribution in [0.2, 0.25) is 0 Å². The molecule has 1 heterocycles. The van der Waals surface area contributed by atoms with Crippen LogP contribution < -0.4 is 21.3 Å². The van der Waals surface area contributed by atoms with E-state index in [2.05, 4.69) is 71.9 Å². The number of methoxy groups -OCH3 is 1. The van der Waals surface area contributed by atoms with Crippen LogP contribution in [0.15, 0.2) is 48.5 Å². The Bertz CT molecular complexity index is 1900. The van der Waals surface area contributed by atoms with Crippen LogP contribution in [-0.2, 0) is 21.4 Å². The van der Waals surface area contributed by atoms with E-state index in [-0.39, 0.29) is 30.7 Å². The van der Waals surface area contributed by atoms with E-state index in [0.717, 1.165) is 59.5 Å². The molecule has 0 aliphatic heterocycles. The normalized spacial score (nSPS) is 16.9. The molecule has 0 radical (unpaired) electrons. The number of nitrogens with zero attached hydrogens (tertiary/aromatic N) is 1. The van der Waals surface area contributed by atoms with Crippen LogP contribution in [-0.4, -0.2) is 55.2 Å². The van der Waals surface area contributed by atoms with Gasteiger partial charge in [-0.1, -0.05) is 87.7 Å². The molecule has 51 heavy (non-hydrogen) atoms. The first-order valence-electron chi connectivity index (χ1n) is 18.3. The van der Waals surface area contributed by atoms with Gasteiger partial charge in [0.05, 0.1) is 17.8 Å². The van der Waals surface area contributed by atoms with E-state index >= 15 is 0 Å². The number of benzene rings is 3. The zero-order valence-corrected chi connectivity index (χ0v) is 31.7. The molecule has 2 atom stereocenters. The Morgan fingerprint density at radius 1 is 1.06 bits per heavy atom. The number of rotatable bonds is 9. The molecular weight excluding hydrogens is 657 g/mol. The molecule has 8 nitrogen and oxygen atoms in total. The smallest absolute Gasteiger partial charge is 0.406 e. The standard InChI is InChI=1S/C38H44N4O3.C3H8.CH2O.H2S/c1-39-21-7-8-25(23-40-37(44)45-2)36-41-32-15-11-24(22-33(32)42-36)26-12-13-29(31-17-20-38(35(26)31)18-5-6-19-38)28-14-16-34(43)30-10-4-3-9-27(28)30;1-3-2;1-2;/h3-4,9-10,12-16,22,24-25,39,43H,5-8,11,17-21,23H2,1-2H3,(H,40,44)(H,41,42);3H2,1-2H3;1H2;1H2. The van der Waals surface area contributed by atoms with Crippen LogP contribution in [0.4, 0.5) is 4.79 Å². The Balaban J connectivity index is 0.000000925. The molecule has 1 fully saturated rings. The van der Waals surface area contributed by atoms with E-state index in [1.807, 2.05) is 32.0 Å². The molecule has 1 aromatic heterocycles. The Hall–Kier alpha value is -4.08. The van der Waals surface area contributed by atoms with E-state index in [9.17, 15) is 9.90 Å². The largest absolute Gasteiger partial charge is 0.507 e. The number of phenols is 1. The van der Waals surface area contributed by atoms with Gasteiger partial charge in [0.25, 0.3) is 0 Å². The van der Waals surface area contributed by atoms with E-state index in [1.54, 1.807) is 5.56 Å². The molecule has 1 spiro atoms. The van der Waals surface area contributed by atoms with Crippen molar-refractivity contribution in [1.82, 2.24) is 20.6 Å². The molecule has 1 amide bonds. The third kappa shape index (κ3) is 8.36. The molecule has 3 aromatic carbocycles. The van der Waals surface area contributed by atoms with Crippen molar-refractivity contribution in [2.24, 2.45) is 0 Å². The van der Waals surface area contributed by atoms with Crippen molar-refractivity contribution in [3.63, 3.8) is 0 Å². The van der Waals surface area contributed by atoms with Gasteiger partial charge in [0.1, 0.15) is 18.4 Å². The summed E-state index contributed by atoms with van der Waals surface area (Å²) in [4.78, 5) is 28.5. The summed E-state index contributed by atoms with van der Waals surface area (Å²) < 4.78 is 4.83. The summed E-state index contributed by atoms with van der Waals surface area (Å²) >= 11 is 0. The van der Waals surface area contributed by atoms with Gasteiger partial charge in [-0.3, -0.25) is 0 Å². The van der Waals surface area contributed by atoms with Crippen molar-refractivity contribution < 1.29 is 19.4 Å². The Morgan fingerprint density at radius 3 is 2.47 bits per heavy atom. The molecule has 1 saturated carbocycles. The number of alkyl carbamates (subject to hydrolysis) is 1. The molecule has 4 aromatic rings. The number of aromatic amines is 1. The highest BCUT2D eigenvalue weighted by Crippen LogP contribution is 2.55. The zero-order chi connectivity index (χ0) is 35.7. The SMILES string of the molecule is C=O.CCC.CNCCCC(CNC(=O)OC)c1nc2c([nH]1)=CC(c1ccc(-c3ccc(O)c4ccccc34)c3c1C1(CCCC1)CC3)CC=2.S. The van der Waals surface area contributed by atoms with Crippen LogP contribution in [0.25, 0.3) is 34.1 Å². The highest BCUT2D eigenvalue weighted by Gasteiger charge is 2.44. The van der Waals surface area contributed by atoms with Gasteiger partial charge in [-0.25, -0.2) is 9.78 Å². The predicted octanol–water partition coefficient (Wildman–Crippen LogP) is 7.23. The fourth-order valence-corrected chi connectivity index (χ4v) is 8.43. The number of phenolic OH excluding ortho intramolecular Hbond substituents is 1. The lowest BCUT2D eigenvalue weighted by atomic mass is 9.74. The molecule has 274 valence electrons. The highest BCUT2D eigenvalue weighted by atomic mass is 32.1. The van der Waals surface area contributed by atoms with Gasteiger partial charge >= 0.3 is 6.09 Å². The van der Waals surface area contributed by atoms with Gasteiger partial charge in [-0.15, -0.1) is 0 Å². The van der Waals surface area contributed by atoms with E-state index in [0.29, 0.717) is 12.3 Å². The summed E-state index contributed by atoms with van der Waals surface area (Å²) in [6.45, 7) is 7.65. The quantitative estimate of drug-likeness (QED) is 0.136. The van der Waals surface area contributed by atoms with Gasteiger partial charge in [0, 0.05) is 23.8 Å². The molecule has 3 aliphatic rings. The van der Waals surface area contributed by atoms with Gasteiger partial charge in [0.2, 0.25) is 0 Å². The van der Waals surface area contributed by atoms with E-state index in [1.165, 1.54) is 67.9 Å². The van der Waals surface area contributed by atoms with Crippen molar-refractivity contribution in [2.75, 3.05) is 27.2 Å². The van der Waals surface area contributed by atoms with Crippen LogP contribution >= 0.6 is 13.5 Å². The Kier molecular flexibility index (Phi) is 14.3. The molecular formula is C42H56N4O4S. The van der Waals surface area contributed by atoms with Gasteiger partial charge < -0.3 is 30.3 Å². The van der Waals surface area contributed by atoms with Gasteiger partial charge in [0.15, 0.2) is 0 Å². The molecule has 2 unspecified atom stereocenters. The number of carbonyl (C=O) groups is 2. The second-order valence-corrected chi connectivity index (χ2v) is 13.9. The summed E-state index contributed by atoms with van der Waals surface area (Å²) in [7, 11) is 3.36. The number of carbonyl (C=O) groups excluding carboxylic acids is 2. The highest BCUT2D eigenvalue weighted by molar-refractivity contribution is 7.59.